The van der Waals surface area contributed by atoms with Crippen molar-refractivity contribution in [3.63, 3.8) is 0 Å². The molecule has 1 rings (SSSR count). The normalized spacial score (nSPS) is 9.29. The molecule has 1 aromatic rings. The monoisotopic (exact) mass is 235 g/mol. The summed E-state index contributed by atoms with van der Waals surface area (Å²) >= 11 is 0. The van der Waals surface area contributed by atoms with E-state index in [9.17, 15) is 0 Å². The van der Waals surface area contributed by atoms with E-state index < -0.39 is 0 Å². The van der Waals surface area contributed by atoms with Gasteiger partial charge in [-0.1, -0.05) is 0 Å². The third-order valence-electron chi connectivity index (χ3n) is 2.26. The minimum atomic E-state index is 0.581. The molecule has 0 fully saturated rings. The first-order valence-corrected chi connectivity index (χ1v) is 5.24. The van der Waals surface area contributed by atoms with Gasteiger partial charge in [-0.15, -0.1) is 12.3 Å². The molecule has 0 aliphatic carbocycles. The highest BCUT2D eigenvalue weighted by Crippen LogP contribution is 2.39. The van der Waals surface area contributed by atoms with Crippen molar-refractivity contribution in [2.24, 2.45) is 0 Å². The van der Waals surface area contributed by atoms with Gasteiger partial charge < -0.3 is 19.5 Å². The molecule has 0 unspecified atom stereocenters. The quantitative estimate of drug-likeness (QED) is 0.606. The van der Waals surface area contributed by atoms with Gasteiger partial charge in [-0.25, -0.2) is 0 Å². The summed E-state index contributed by atoms with van der Waals surface area (Å²) in [7, 11) is 4.75. The molecule has 0 saturated heterocycles. The van der Waals surface area contributed by atoms with Crippen LogP contribution in [0.15, 0.2) is 12.1 Å². The molecule has 17 heavy (non-hydrogen) atoms. The molecule has 4 nitrogen and oxygen atoms in total. The van der Waals surface area contributed by atoms with E-state index in [1.54, 1.807) is 21.3 Å². The number of hydrogen-bond acceptors (Lipinski definition) is 4. The highest BCUT2D eigenvalue weighted by atomic mass is 16.5. The van der Waals surface area contributed by atoms with Crippen molar-refractivity contribution < 1.29 is 14.2 Å². The molecule has 0 radical (unpaired) electrons. The van der Waals surface area contributed by atoms with Crippen molar-refractivity contribution >= 4 is 5.69 Å². The number of anilines is 1. The highest BCUT2D eigenvalue weighted by Gasteiger charge is 2.12. The van der Waals surface area contributed by atoms with Crippen LogP contribution in [0.3, 0.4) is 0 Å². The topological polar surface area (TPSA) is 39.7 Å². The Morgan fingerprint density at radius 1 is 1.12 bits per heavy atom. The second kappa shape index (κ2) is 6.54. The predicted molar refractivity (Wildman–Crippen MR) is 68.0 cm³/mol. The fourth-order valence-corrected chi connectivity index (χ4v) is 1.46. The second-order valence-electron chi connectivity index (χ2n) is 3.29. The lowest BCUT2D eigenvalue weighted by Crippen LogP contribution is -2.02. The summed E-state index contributed by atoms with van der Waals surface area (Å²) in [6, 6.07) is 3.69. The van der Waals surface area contributed by atoms with Crippen molar-refractivity contribution in [2.75, 3.05) is 33.2 Å². The maximum absolute atomic E-state index is 5.24. The molecule has 92 valence electrons. The third kappa shape index (κ3) is 3.22. The standard InChI is InChI=1S/C13H17NO3/c1-5-6-7-14-10-8-11(15-2)13(17-4)12(9-10)16-3/h1,8-9,14H,6-7H2,2-4H3. The molecule has 1 aromatic carbocycles. The molecular formula is C13H17NO3. The van der Waals surface area contributed by atoms with E-state index in [0.717, 1.165) is 5.69 Å². The lowest BCUT2D eigenvalue weighted by molar-refractivity contribution is 0.324. The Kier molecular flexibility index (Phi) is 5.02. The van der Waals surface area contributed by atoms with Crippen molar-refractivity contribution in [1.82, 2.24) is 0 Å². The molecule has 0 aliphatic rings. The number of methoxy groups -OCH3 is 3. The largest absolute Gasteiger partial charge is 0.493 e. The smallest absolute Gasteiger partial charge is 0.203 e. The van der Waals surface area contributed by atoms with Gasteiger partial charge in [-0.05, 0) is 0 Å². The first kappa shape index (κ1) is 13.0. The first-order valence-electron chi connectivity index (χ1n) is 5.24. The number of benzene rings is 1. The molecule has 0 aromatic heterocycles. The Morgan fingerprint density at radius 3 is 2.12 bits per heavy atom. The first-order chi connectivity index (χ1) is 8.26. The minimum absolute atomic E-state index is 0.581. The summed E-state index contributed by atoms with van der Waals surface area (Å²) in [5.41, 5.74) is 0.884. The minimum Gasteiger partial charge on any atom is -0.493 e. The van der Waals surface area contributed by atoms with Gasteiger partial charge in [-0.3, -0.25) is 0 Å². The molecule has 0 atom stereocenters. The summed E-state index contributed by atoms with van der Waals surface area (Å²) in [5, 5.41) is 3.19. The van der Waals surface area contributed by atoms with E-state index in [0.29, 0.717) is 30.2 Å². The summed E-state index contributed by atoms with van der Waals surface area (Å²) in [5.74, 6) is 4.39. The van der Waals surface area contributed by atoms with Crippen LogP contribution < -0.4 is 19.5 Å². The van der Waals surface area contributed by atoms with Gasteiger partial charge in [-0.2, -0.15) is 0 Å². The molecule has 0 bridgehead atoms. The molecule has 0 spiro atoms. The van der Waals surface area contributed by atoms with Crippen LogP contribution in [0.25, 0.3) is 0 Å². The molecular weight excluding hydrogens is 218 g/mol. The van der Waals surface area contributed by atoms with E-state index in [-0.39, 0.29) is 0 Å². The summed E-state index contributed by atoms with van der Waals surface area (Å²) < 4.78 is 15.7. The Hall–Kier alpha value is -2.02. The van der Waals surface area contributed by atoms with Crippen LogP contribution in [0.2, 0.25) is 0 Å². The average Bonchev–Trinajstić information content (AvgIpc) is 2.37. The zero-order valence-electron chi connectivity index (χ0n) is 10.4. The van der Waals surface area contributed by atoms with Gasteiger partial charge in [0.2, 0.25) is 5.75 Å². The summed E-state index contributed by atoms with van der Waals surface area (Å²) in [6.45, 7) is 0.704. The fraction of sp³-hybridized carbons (Fsp3) is 0.385. The molecule has 0 aliphatic heterocycles. The summed E-state index contributed by atoms with van der Waals surface area (Å²) in [4.78, 5) is 0. The highest BCUT2D eigenvalue weighted by molar-refractivity contribution is 5.62. The maximum Gasteiger partial charge on any atom is 0.203 e. The lowest BCUT2D eigenvalue weighted by Gasteiger charge is -2.14. The molecule has 4 heteroatoms. The zero-order valence-corrected chi connectivity index (χ0v) is 10.4. The molecule has 0 heterocycles. The third-order valence-corrected chi connectivity index (χ3v) is 2.26. The van der Waals surface area contributed by atoms with Crippen LogP contribution in [-0.2, 0) is 0 Å². The van der Waals surface area contributed by atoms with Gasteiger partial charge in [0.05, 0.1) is 21.3 Å². The number of terminal acetylenes is 1. The van der Waals surface area contributed by atoms with Crippen LogP contribution in [-0.4, -0.2) is 27.9 Å². The van der Waals surface area contributed by atoms with Gasteiger partial charge in [0.15, 0.2) is 11.5 Å². The Morgan fingerprint density at radius 2 is 1.71 bits per heavy atom. The van der Waals surface area contributed by atoms with Crippen LogP contribution in [0, 0.1) is 12.3 Å². The average molecular weight is 235 g/mol. The number of rotatable bonds is 6. The van der Waals surface area contributed by atoms with Crippen molar-refractivity contribution in [1.29, 1.82) is 0 Å². The van der Waals surface area contributed by atoms with Crippen LogP contribution in [0.1, 0.15) is 6.42 Å². The van der Waals surface area contributed by atoms with Crippen molar-refractivity contribution in [3.05, 3.63) is 12.1 Å². The van der Waals surface area contributed by atoms with E-state index in [1.165, 1.54) is 0 Å². The maximum atomic E-state index is 5.24. The van der Waals surface area contributed by atoms with E-state index in [2.05, 4.69) is 11.2 Å². The van der Waals surface area contributed by atoms with E-state index in [4.69, 9.17) is 20.6 Å². The summed E-state index contributed by atoms with van der Waals surface area (Å²) in [6.07, 6.45) is 5.85. The SMILES string of the molecule is C#CCCNc1cc(OC)c(OC)c(OC)c1. The Balaban J connectivity index is 2.97. The van der Waals surface area contributed by atoms with Gasteiger partial charge in [0.1, 0.15) is 0 Å². The number of nitrogens with one attached hydrogen (secondary N) is 1. The van der Waals surface area contributed by atoms with Crippen LogP contribution in [0.4, 0.5) is 5.69 Å². The Labute approximate surface area is 102 Å². The van der Waals surface area contributed by atoms with Gasteiger partial charge >= 0.3 is 0 Å². The van der Waals surface area contributed by atoms with Crippen molar-refractivity contribution in [2.45, 2.75) is 6.42 Å². The number of hydrogen-bond donors (Lipinski definition) is 1. The molecule has 0 saturated carbocycles. The molecule has 1 N–H and O–H groups in total. The van der Waals surface area contributed by atoms with E-state index >= 15 is 0 Å². The van der Waals surface area contributed by atoms with Gasteiger partial charge in [0, 0.05) is 30.8 Å². The van der Waals surface area contributed by atoms with E-state index in [1.807, 2.05) is 12.1 Å². The lowest BCUT2D eigenvalue weighted by atomic mass is 10.2. The predicted octanol–water partition coefficient (Wildman–Crippen LogP) is 2.15. The Bertz CT molecular complexity index is 385. The zero-order chi connectivity index (χ0) is 12.7. The van der Waals surface area contributed by atoms with Crippen LogP contribution in [0.5, 0.6) is 17.2 Å². The number of ether oxygens (including phenoxy) is 3. The fourth-order valence-electron chi connectivity index (χ4n) is 1.46. The van der Waals surface area contributed by atoms with Crippen molar-refractivity contribution in [3.8, 4) is 29.6 Å². The van der Waals surface area contributed by atoms with Gasteiger partial charge in [0.25, 0.3) is 0 Å². The second-order valence-corrected chi connectivity index (χ2v) is 3.29. The molecule has 0 amide bonds. The van der Waals surface area contributed by atoms with Crippen LogP contribution >= 0.6 is 0 Å².